The molecule has 1 unspecified atom stereocenters. The number of furan rings is 1. The zero-order chi connectivity index (χ0) is 29.3. The molecule has 2 aromatic heterocycles. The number of amides is 1. The maximum atomic E-state index is 13.5. The van der Waals surface area contributed by atoms with Crippen LogP contribution >= 0.6 is 23.1 Å². The Labute approximate surface area is 245 Å². The van der Waals surface area contributed by atoms with Gasteiger partial charge in [0.05, 0.1) is 49.5 Å². The van der Waals surface area contributed by atoms with Crippen LogP contribution in [0.5, 0.6) is 11.5 Å². The number of rotatable bonds is 8. The van der Waals surface area contributed by atoms with E-state index in [9.17, 15) is 14.9 Å². The van der Waals surface area contributed by atoms with E-state index in [1.807, 2.05) is 13.8 Å². The van der Waals surface area contributed by atoms with E-state index >= 15 is 0 Å². The van der Waals surface area contributed by atoms with Crippen molar-refractivity contribution in [2.24, 2.45) is 11.1 Å². The largest absolute Gasteiger partial charge is 0.497 e. The number of hydrogen-bond acceptors (Lipinski definition) is 12. The number of thioether (sulfide) groups is 1. The zero-order valence-electron chi connectivity index (χ0n) is 22.9. The van der Waals surface area contributed by atoms with Crippen LogP contribution in [0, 0.1) is 16.7 Å². The molecule has 3 heterocycles. The number of nitrogens with one attached hydrogen (secondary N) is 1. The molecule has 1 atom stereocenters. The van der Waals surface area contributed by atoms with Gasteiger partial charge in [0.1, 0.15) is 23.1 Å². The highest BCUT2D eigenvalue weighted by Crippen LogP contribution is 2.50. The van der Waals surface area contributed by atoms with Crippen molar-refractivity contribution in [1.82, 2.24) is 10.2 Å². The van der Waals surface area contributed by atoms with Gasteiger partial charge in [-0.2, -0.15) is 5.26 Å². The number of ketones is 1. The second kappa shape index (κ2) is 11.3. The van der Waals surface area contributed by atoms with E-state index in [4.69, 9.17) is 19.6 Å². The van der Waals surface area contributed by atoms with Gasteiger partial charge in [0.2, 0.25) is 11.0 Å². The standard InChI is InChI=1S/C28H28N6O5S2/c1-28(2)11-18-24(19(35)12-28)23(20-6-5-9-39-20)16(13-29)25(30)34(18)26-32-33-27(41-26)40-14-22(36)31-17-8-7-15(37-3)10-21(17)38-4/h5-10,23H,11-12,14,30H2,1-4H3,(H,31,36). The monoisotopic (exact) mass is 592 g/mol. The SMILES string of the molecule is COc1ccc(NC(=O)CSc2nnc(N3C(N)=C(C#N)C(c4ccco4)C4=C3CC(C)(C)CC4=O)s2)c(OC)c1. The quantitative estimate of drug-likeness (QED) is 0.346. The predicted molar refractivity (Wildman–Crippen MR) is 155 cm³/mol. The average molecular weight is 593 g/mol. The minimum atomic E-state index is -0.690. The molecule has 1 amide bonds. The number of Topliss-reactive ketones (excluding diaryl/α,β-unsaturated/α-hetero) is 1. The van der Waals surface area contributed by atoms with Gasteiger partial charge >= 0.3 is 0 Å². The molecule has 1 aliphatic carbocycles. The summed E-state index contributed by atoms with van der Waals surface area (Å²) in [5, 5.41) is 22.0. The number of benzene rings is 1. The number of nitrogens with zero attached hydrogens (tertiary/aromatic N) is 4. The zero-order valence-corrected chi connectivity index (χ0v) is 24.5. The summed E-state index contributed by atoms with van der Waals surface area (Å²) in [5.41, 5.74) is 8.19. The minimum Gasteiger partial charge on any atom is -0.497 e. The predicted octanol–water partition coefficient (Wildman–Crippen LogP) is 4.82. The van der Waals surface area contributed by atoms with Crippen molar-refractivity contribution in [2.75, 3.05) is 30.2 Å². The van der Waals surface area contributed by atoms with E-state index in [0.717, 1.165) is 0 Å². The first-order valence-corrected chi connectivity index (χ1v) is 14.4. The number of nitriles is 1. The van der Waals surface area contributed by atoms with Crippen molar-refractivity contribution in [1.29, 1.82) is 5.26 Å². The molecule has 0 fully saturated rings. The Balaban J connectivity index is 1.40. The second-order valence-electron chi connectivity index (χ2n) is 10.2. The molecule has 0 radical (unpaired) electrons. The highest BCUT2D eigenvalue weighted by atomic mass is 32.2. The molecule has 0 saturated carbocycles. The molecule has 0 spiro atoms. The number of nitrogens with two attached hydrogens (primary N) is 1. The molecule has 13 heteroatoms. The van der Waals surface area contributed by atoms with Crippen molar-refractivity contribution in [3.05, 3.63) is 65.0 Å². The summed E-state index contributed by atoms with van der Waals surface area (Å²) in [4.78, 5) is 27.9. The minimum absolute atomic E-state index is 0.0624. The first kappa shape index (κ1) is 28.3. The van der Waals surface area contributed by atoms with Crippen molar-refractivity contribution in [2.45, 2.75) is 36.9 Å². The number of allylic oxidation sites excluding steroid dienone is 3. The number of hydrogen-bond donors (Lipinski definition) is 2. The van der Waals surface area contributed by atoms with E-state index in [-0.39, 0.29) is 34.3 Å². The van der Waals surface area contributed by atoms with Crippen LogP contribution < -0.4 is 25.4 Å². The Morgan fingerprint density at radius 2 is 2.10 bits per heavy atom. The summed E-state index contributed by atoms with van der Waals surface area (Å²) >= 11 is 2.44. The number of anilines is 2. The van der Waals surface area contributed by atoms with Crippen molar-refractivity contribution in [3.8, 4) is 17.6 Å². The molecule has 212 valence electrons. The fourth-order valence-electron chi connectivity index (χ4n) is 5.03. The van der Waals surface area contributed by atoms with E-state index in [2.05, 4.69) is 21.6 Å². The summed E-state index contributed by atoms with van der Waals surface area (Å²) in [6.45, 7) is 4.04. The van der Waals surface area contributed by atoms with Crippen LogP contribution in [0.1, 0.15) is 38.4 Å². The molecule has 5 rings (SSSR count). The third-order valence-electron chi connectivity index (χ3n) is 6.81. The smallest absolute Gasteiger partial charge is 0.234 e. The van der Waals surface area contributed by atoms with Gasteiger partial charge in [-0.25, -0.2) is 0 Å². The van der Waals surface area contributed by atoms with Gasteiger partial charge in [-0.3, -0.25) is 14.5 Å². The van der Waals surface area contributed by atoms with E-state index < -0.39 is 5.92 Å². The van der Waals surface area contributed by atoms with E-state index in [1.165, 1.54) is 36.5 Å². The van der Waals surface area contributed by atoms with Crippen LogP contribution in [0.3, 0.4) is 0 Å². The van der Waals surface area contributed by atoms with Crippen molar-refractivity contribution < 1.29 is 23.5 Å². The molecule has 2 aliphatic rings. The maximum absolute atomic E-state index is 13.5. The molecule has 3 N–H and O–H groups in total. The van der Waals surface area contributed by atoms with Crippen LogP contribution in [-0.4, -0.2) is 41.9 Å². The molecular formula is C28H28N6O5S2. The number of methoxy groups -OCH3 is 2. The summed E-state index contributed by atoms with van der Waals surface area (Å²) in [7, 11) is 3.06. The molecule has 1 aromatic carbocycles. The fourth-order valence-corrected chi connectivity index (χ4v) is 6.71. The van der Waals surface area contributed by atoms with Gasteiger partial charge in [0.15, 0.2) is 10.1 Å². The second-order valence-corrected chi connectivity index (χ2v) is 12.4. The number of aromatic nitrogens is 2. The fraction of sp³-hybridized carbons (Fsp3) is 0.321. The number of carbonyl (C=O) groups excluding carboxylic acids is 2. The Hall–Kier alpha value is -4.28. The first-order valence-electron chi connectivity index (χ1n) is 12.6. The Kier molecular flexibility index (Phi) is 7.79. The van der Waals surface area contributed by atoms with Gasteiger partial charge in [0, 0.05) is 23.8 Å². The molecular weight excluding hydrogens is 564 g/mol. The van der Waals surface area contributed by atoms with Crippen LogP contribution in [0.2, 0.25) is 0 Å². The molecule has 1 aliphatic heterocycles. The Morgan fingerprint density at radius 3 is 2.78 bits per heavy atom. The molecule has 0 bridgehead atoms. The average Bonchev–Trinajstić information content (AvgIpc) is 3.63. The lowest BCUT2D eigenvalue weighted by molar-refractivity contribution is -0.118. The normalized spacial score (nSPS) is 18.2. The van der Waals surface area contributed by atoms with Crippen molar-refractivity contribution in [3.63, 3.8) is 0 Å². The molecule has 41 heavy (non-hydrogen) atoms. The number of ether oxygens (including phenoxy) is 2. The Bertz CT molecular complexity index is 1600. The first-order chi connectivity index (χ1) is 19.7. The van der Waals surface area contributed by atoms with Crippen LogP contribution in [0.15, 0.2) is 68.0 Å². The van der Waals surface area contributed by atoms with Crippen LogP contribution in [0.4, 0.5) is 10.8 Å². The summed E-state index contributed by atoms with van der Waals surface area (Å²) in [6, 6.07) is 10.8. The highest BCUT2D eigenvalue weighted by Gasteiger charge is 2.46. The molecule has 0 saturated heterocycles. The van der Waals surface area contributed by atoms with Crippen LogP contribution in [0.25, 0.3) is 0 Å². The highest BCUT2D eigenvalue weighted by molar-refractivity contribution is 8.01. The molecule has 11 nitrogen and oxygen atoms in total. The number of carbonyl (C=O) groups is 2. The summed E-state index contributed by atoms with van der Waals surface area (Å²) in [5.74, 6) is 0.802. The summed E-state index contributed by atoms with van der Waals surface area (Å²) < 4.78 is 16.7. The maximum Gasteiger partial charge on any atom is 0.234 e. The molecule has 3 aromatic rings. The van der Waals surface area contributed by atoms with Gasteiger partial charge < -0.3 is 24.9 Å². The van der Waals surface area contributed by atoms with Crippen LogP contribution in [-0.2, 0) is 9.59 Å². The van der Waals surface area contributed by atoms with Gasteiger partial charge in [0.25, 0.3) is 0 Å². The third-order valence-corrected chi connectivity index (χ3v) is 8.85. The van der Waals surface area contributed by atoms with E-state index in [1.54, 1.807) is 42.3 Å². The summed E-state index contributed by atoms with van der Waals surface area (Å²) in [6.07, 6.45) is 2.39. The lowest BCUT2D eigenvalue weighted by Gasteiger charge is -2.42. The Morgan fingerprint density at radius 1 is 1.29 bits per heavy atom. The van der Waals surface area contributed by atoms with Gasteiger partial charge in [-0.15, -0.1) is 10.2 Å². The lowest BCUT2D eigenvalue weighted by atomic mass is 9.69. The topological polar surface area (TPSA) is 157 Å². The van der Waals surface area contributed by atoms with E-state index in [0.29, 0.717) is 56.5 Å². The lowest BCUT2D eigenvalue weighted by Crippen LogP contribution is -2.42. The van der Waals surface area contributed by atoms with Crippen molar-refractivity contribution >= 4 is 45.6 Å². The third kappa shape index (κ3) is 5.53. The van der Waals surface area contributed by atoms with Gasteiger partial charge in [-0.05, 0) is 36.1 Å². The van der Waals surface area contributed by atoms with Gasteiger partial charge in [-0.1, -0.05) is 36.9 Å².